The summed E-state index contributed by atoms with van der Waals surface area (Å²) in [5.41, 5.74) is 1.95. The Labute approximate surface area is 189 Å². The van der Waals surface area contributed by atoms with Gasteiger partial charge in [-0.1, -0.05) is 42.5 Å². The van der Waals surface area contributed by atoms with Crippen LogP contribution in [0.2, 0.25) is 0 Å². The first-order valence-corrected chi connectivity index (χ1v) is 10.4. The number of ether oxygens (including phenoxy) is 1. The van der Waals surface area contributed by atoms with Crippen molar-refractivity contribution in [3.63, 3.8) is 0 Å². The second-order valence-corrected chi connectivity index (χ2v) is 7.68. The number of nitrogens with zero attached hydrogens (tertiary/aromatic N) is 2. The van der Waals surface area contributed by atoms with E-state index in [9.17, 15) is 14.7 Å². The molecule has 5 rings (SSSR count). The summed E-state index contributed by atoms with van der Waals surface area (Å²) in [6.45, 7) is 0.204. The van der Waals surface area contributed by atoms with Crippen molar-refractivity contribution >= 4 is 22.7 Å². The van der Waals surface area contributed by atoms with Crippen molar-refractivity contribution in [3.8, 4) is 5.75 Å². The minimum atomic E-state index is -0.769. The number of benzene rings is 2. The minimum Gasteiger partial charge on any atom is -0.503 e. The van der Waals surface area contributed by atoms with Gasteiger partial charge in [0.25, 0.3) is 5.91 Å². The molecule has 3 heterocycles. The Morgan fingerprint density at radius 1 is 1.09 bits per heavy atom. The van der Waals surface area contributed by atoms with Crippen LogP contribution in [0, 0.1) is 0 Å². The van der Waals surface area contributed by atoms with Gasteiger partial charge in [-0.2, -0.15) is 0 Å². The molecule has 4 aromatic rings. The van der Waals surface area contributed by atoms with Gasteiger partial charge in [0.2, 0.25) is 5.78 Å². The molecule has 1 N–H and O–H groups in total. The second kappa shape index (κ2) is 8.27. The number of aliphatic hydroxyl groups excluding tert-OH is 1. The van der Waals surface area contributed by atoms with Gasteiger partial charge in [-0.25, -0.2) is 0 Å². The van der Waals surface area contributed by atoms with Crippen molar-refractivity contribution in [1.82, 2.24) is 9.88 Å². The monoisotopic (exact) mass is 440 g/mol. The third-order valence-electron chi connectivity index (χ3n) is 5.72. The van der Waals surface area contributed by atoms with Crippen molar-refractivity contribution in [3.05, 3.63) is 107 Å². The average molecular weight is 440 g/mol. The number of para-hydroxylation sites is 1. The maximum Gasteiger partial charge on any atom is 0.290 e. The number of carbonyl (C=O) groups excluding carboxylic acids is 2. The number of carbonyl (C=O) groups is 2. The highest BCUT2D eigenvalue weighted by Gasteiger charge is 2.44. The third-order valence-corrected chi connectivity index (χ3v) is 5.72. The van der Waals surface area contributed by atoms with Crippen LogP contribution in [0.3, 0.4) is 0 Å². The zero-order chi connectivity index (χ0) is 22.9. The SMILES string of the molecule is COc1cccc2cc(C(=O)C3=C(O)C(=O)N(Cc4ccncc4)C3c3ccccc3)oc12. The van der Waals surface area contributed by atoms with Gasteiger partial charge in [0, 0.05) is 24.3 Å². The highest BCUT2D eigenvalue weighted by molar-refractivity contribution is 6.16. The second-order valence-electron chi connectivity index (χ2n) is 7.68. The Morgan fingerprint density at radius 2 is 1.85 bits per heavy atom. The summed E-state index contributed by atoms with van der Waals surface area (Å²) in [4.78, 5) is 32.2. The van der Waals surface area contributed by atoms with E-state index in [1.165, 1.54) is 12.0 Å². The average Bonchev–Trinajstić information content (AvgIpc) is 3.40. The first-order valence-electron chi connectivity index (χ1n) is 10.4. The van der Waals surface area contributed by atoms with E-state index in [1.54, 1.807) is 48.8 Å². The van der Waals surface area contributed by atoms with E-state index in [0.29, 0.717) is 22.3 Å². The molecule has 0 fully saturated rings. The third kappa shape index (κ3) is 3.53. The summed E-state index contributed by atoms with van der Waals surface area (Å²) in [5.74, 6) is -1.22. The molecule has 2 aromatic carbocycles. The number of fused-ring (bicyclic) bond motifs is 1. The van der Waals surface area contributed by atoms with Crippen LogP contribution in [0.4, 0.5) is 0 Å². The topological polar surface area (TPSA) is 92.9 Å². The summed E-state index contributed by atoms with van der Waals surface area (Å²) >= 11 is 0. The summed E-state index contributed by atoms with van der Waals surface area (Å²) in [6, 6.07) is 18.9. The van der Waals surface area contributed by atoms with Crippen LogP contribution in [0.1, 0.15) is 27.7 Å². The van der Waals surface area contributed by atoms with Crippen molar-refractivity contribution in [2.45, 2.75) is 12.6 Å². The summed E-state index contributed by atoms with van der Waals surface area (Å²) < 4.78 is 11.2. The molecule has 1 aliphatic rings. The molecule has 7 nitrogen and oxygen atoms in total. The van der Waals surface area contributed by atoms with Crippen LogP contribution in [0.5, 0.6) is 5.75 Å². The van der Waals surface area contributed by atoms with Gasteiger partial charge in [-0.05, 0) is 35.4 Å². The van der Waals surface area contributed by atoms with Gasteiger partial charge >= 0.3 is 0 Å². The maximum atomic E-state index is 13.6. The van der Waals surface area contributed by atoms with Crippen LogP contribution < -0.4 is 4.74 Å². The smallest absolute Gasteiger partial charge is 0.290 e. The predicted octanol–water partition coefficient (Wildman–Crippen LogP) is 4.61. The molecule has 7 heteroatoms. The van der Waals surface area contributed by atoms with E-state index in [1.807, 2.05) is 30.3 Å². The fourth-order valence-corrected chi connectivity index (χ4v) is 4.16. The van der Waals surface area contributed by atoms with Gasteiger partial charge in [0.15, 0.2) is 22.9 Å². The van der Waals surface area contributed by atoms with Crippen LogP contribution in [0.15, 0.2) is 94.9 Å². The molecule has 2 aromatic heterocycles. The molecule has 1 aliphatic heterocycles. The Hall–Kier alpha value is -4.39. The Morgan fingerprint density at radius 3 is 2.58 bits per heavy atom. The highest BCUT2D eigenvalue weighted by Crippen LogP contribution is 2.41. The first-order chi connectivity index (χ1) is 16.1. The van der Waals surface area contributed by atoms with Gasteiger partial charge in [-0.15, -0.1) is 0 Å². The number of furan rings is 1. The normalized spacial score (nSPS) is 16.0. The van der Waals surface area contributed by atoms with Crippen molar-refractivity contribution < 1.29 is 23.8 Å². The van der Waals surface area contributed by atoms with Crippen LogP contribution >= 0.6 is 0 Å². The number of methoxy groups -OCH3 is 1. The number of amides is 1. The lowest BCUT2D eigenvalue weighted by molar-refractivity contribution is -0.130. The van der Waals surface area contributed by atoms with Crippen LogP contribution in [-0.4, -0.2) is 33.8 Å². The van der Waals surface area contributed by atoms with Crippen LogP contribution in [0.25, 0.3) is 11.0 Å². The number of hydrogen-bond acceptors (Lipinski definition) is 6. The van der Waals surface area contributed by atoms with Gasteiger partial charge in [0.05, 0.1) is 18.7 Å². The molecule has 1 unspecified atom stereocenters. The van der Waals surface area contributed by atoms with E-state index in [4.69, 9.17) is 9.15 Å². The lowest BCUT2D eigenvalue weighted by atomic mass is 9.95. The largest absolute Gasteiger partial charge is 0.503 e. The fraction of sp³-hybridized carbons (Fsp3) is 0.115. The lowest BCUT2D eigenvalue weighted by Gasteiger charge is -2.26. The quantitative estimate of drug-likeness (QED) is 0.440. The van der Waals surface area contributed by atoms with E-state index in [-0.39, 0.29) is 17.9 Å². The van der Waals surface area contributed by atoms with E-state index in [2.05, 4.69) is 4.98 Å². The number of aliphatic hydroxyl groups is 1. The number of pyridine rings is 1. The lowest BCUT2D eigenvalue weighted by Crippen LogP contribution is -2.30. The highest BCUT2D eigenvalue weighted by atomic mass is 16.5. The summed E-state index contributed by atoms with van der Waals surface area (Å²) in [7, 11) is 1.52. The molecule has 0 bridgehead atoms. The number of hydrogen-bond donors (Lipinski definition) is 1. The number of ketones is 1. The molecule has 0 aliphatic carbocycles. The van der Waals surface area contributed by atoms with E-state index in [0.717, 1.165) is 5.56 Å². The summed E-state index contributed by atoms with van der Waals surface area (Å²) in [5, 5.41) is 11.5. The van der Waals surface area contributed by atoms with Crippen LogP contribution in [-0.2, 0) is 11.3 Å². The first kappa shape index (κ1) is 20.5. The predicted molar refractivity (Wildman–Crippen MR) is 121 cm³/mol. The molecular weight excluding hydrogens is 420 g/mol. The molecule has 33 heavy (non-hydrogen) atoms. The molecular formula is C26H20N2O5. The molecule has 0 spiro atoms. The zero-order valence-corrected chi connectivity index (χ0v) is 17.8. The standard InChI is InChI=1S/C26H20N2O5/c1-32-19-9-5-8-18-14-20(33-25(18)19)23(29)21-22(17-6-3-2-4-7-17)28(26(31)24(21)30)15-16-10-12-27-13-11-16/h2-14,22,30H,15H2,1H3. The van der Waals surface area contributed by atoms with Gasteiger partial charge in [0.1, 0.15) is 0 Å². The van der Waals surface area contributed by atoms with E-state index >= 15 is 0 Å². The van der Waals surface area contributed by atoms with E-state index < -0.39 is 23.5 Å². The van der Waals surface area contributed by atoms with Crippen molar-refractivity contribution in [1.29, 1.82) is 0 Å². The molecule has 1 amide bonds. The van der Waals surface area contributed by atoms with Crippen molar-refractivity contribution in [2.24, 2.45) is 0 Å². The summed E-state index contributed by atoms with van der Waals surface area (Å²) in [6.07, 6.45) is 3.27. The van der Waals surface area contributed by atoms with Gasteiger partial charge < -0.3 is 19.2 Å². The zero-order valence-electron chi connectivity index (χ0n) is 17.8. The minimum absolute atomic E-state index is 0.0155. The maximum absolute atomic E-state index is 13.6. The Bertz CT molecular complexity index is 1380. The number of Topliss-reactive ketones (excluding diaryl/α,β-unsaturated/α-hetero) is 1. The molecule has 0 saturated heterocycles. The molecule has 0 radical (unpaired) electrons. The fourth-order valence-electron chi connectivity index (χ4n) is 4.16. The van der Waals surface area contributed by atoms with Gasteiger partial charge in [-0.3, -0.25) is 14.6 Å². The van der Waals surface area contributed by atoms with Crippen molar-refractivity contribution in [2.75, 3.05) is 7.11 Å². The number of aromatic nitrogens is 1. The Balaban J connectivity index is 1.60. The molecule has 164 valence electrons. The molecule has 0 saturated carbocycles. The number of rotatable bonds is 6. The Kier molecular flexibility index (Phi) is 5.14. The molecule has 1 atom stereocenters.